The predicted octanol–water partition coefficient (Wildman–Crippen LogP) is 2.68. The largest absolute Gasteiger partial charge is 0.478 e. The van der Waals surface area contributed by atoms with Crippen LogP contribution in [-0.2, 0) is 0 Å². The number of carboxylic acids is 1. The van der Waals surface area contributed by atoms with Gasteiger partial charge in [-0.15, -0.1) is 0 Å². The van der Waals surface area contributed by atoms with Gasteiger partial charge in [0, 0.05) is 12.1 Å². The van der Waals surface area contributed by atoms with E-state index in [0.717, 1.165) is 17.2 Å². The van der Waals surface area contributed by atoms with Crippen molar-refractivity contribution < 1.29 is 14.7 Å². The quantitative estimate of drug-likeness (QED) is 0.885. The lowest BCUT2D eigenvalue weighted by atomic mass is 10.0. The molecule has 0 aliphatic carbocycles. The van der Waals surface area contributed by atoms with E-state index in [4.69, 9.17) is 5.11 Å². The van der Waals surface area contributed by atoms with Gasteiger partial charge in [0.15, 0.2) is 0 Å². The van der Waals surface area contributed by atoms with Crippen LogP contribution < -0.4 is 5.32 Å². The molecule has 0 aliphatic heterocycles. The number of amides is 1. The summed E-state index contributed by atoms with van der Waals surface area (Å²) >= 11 is 0. The fraction of sp³-hybridized carbons (Fsp3) is 0.200. The standard InChI is InChI=1S/C15H15NO3/c1-2-7-16-14(17)12-5-3-11-9-13(15(18)19)6-4-10(11)8-12/h3-6,8-9H,2,7H2,1H3,(H,16,17)(H,18,19). The minimum absolute atomic E-state index is 0.105. The minimum atomic E-state index is -0.952. The molecule has 0 saturated heterocycles. The average Bonchev–Trinajstić information content (AvgIpc) is 2.43. The van der Waals surface area contributed by atoms with Crippen molar-refractivity contribution in [1.29, 1.82) is 0 Å². The lowest BCUT2D eigenvalue weighted by molar-refractivity contribution is 0.0696. The molecule has 0 heterocycles. The van der Waals surface area contributed by atoms with Crippen molar-refractivity contribution in [2.24, 2.45) is 0 Å². The first-order valence-electron chi connectivity index (χ1n) is 6.17. The van der Waals surface area contributed by atoms with E-state index in [2.05, 4.69) is 5.32 Å². The molecule has 0 atom stereocenters. The third kappa shape index (κ3) is 2.91. The molecule has 0 bridgehead atoms. The molecule has 98 valence electrons. The van der Waals surface area contributed by atoms with Gasteiger partial charge in [-0.3, -0.25) is 4.79 Å². The van der Waals surface area contributed by atoms with E-state index in [0.29, 0.717) is 12.1 Å². The number of rotatable bonds is 4. The molecule has 1 amide bonds. The molecule has 4 heteroatoms. The summed E-state index contributed by atoms with van der Waals surface area (Å²) < 4.78 is 0. The number of hydrogen-bond donors (Lipinski definition) is 2. The van der Waals surface area contributed by atoms with Crippen molar-refractivity contribution in [1.82, 2.24) is 5.32 Å². The van der Waals surface area contributed by atoms with Crippen molar-refractivity contribution in [3.8, 4) is 0 Å². The molecule has 0 radical (unpaired) electrons. The molecule has 2 rings (SSSR count). The van der Waals surface area contributed by atoms with Gasteiger partial charge in [-0.25, -0.2) is 4.79 Å². The first kappa shape index (κ1) is 13.1. The molecule has 0 fully saturated rings. The Bertz CT molecular complexity index is 634. The summed E-state index contributed by atoms with van der Waals surface area (Å²) in [4.78, 5) is 22.7. The number of carboxylic acid groups (broad SMARTS) is 1. The molecule has 2 aromatic carbocycles. The Morgan fingerprint density at radius 3 is 2.21 bits per heavy atom. The Kier molecular flexibility index (Phi) is 3.80. The highest BCUT2D eigenvalue weighted by Crippen LogP contribution is 2.18. The van der Waals surface area contributed by atoms with Gasteiger partial charge in [0.05, 0.1) is 5.56 Å². The summed E-state index contributed by atoms with van der Waals surface area (Å²) in [7, 11) is 0. The zero-order valence-corrected chi connectivity index (χ0v) is 10.6. The Balaban J connectivity index is 2.34. The molecule has 2 N–H and O–H groups in total. The molecule has 4 nitrogen and oxygen atoms in total. The molecule has 0 aliphatic rings. The summed E-state index contributed by atoms with van der Waals surface area (Å²) in [5, 5.41) is 13.4. The lowest BCUT2D eigenvalue weighted by Crippen LogP contribution is -2.23. The normalized spacial score (nSPS) is 10.4. The van der Waals surface area contributed by atoms with Crippen LogP contribution in [0.25, 0.3) is 10.8 Å². The number of carbonyl (C=O) groups is 2. The van der Waals surface area contributed by atoms with Gasteiger partial charge in [-0.2, -0.15) is 0 Å². The van der Waals surface area contributed by atoms with Crippen LogP contribution in [0.5, 0.6) is 0 Å². The Labute approximate surface area is 111 Å². The second-order valence-corrected chi connectivity index (χ2v) is 4.34. The van der Waals surface area contributed by atoms with Crippen LogP contribution in [0.4, 0.5) is 0 Å². The van der Waals surface area contributed by atoms with E-state index in [9.17, 15) is 9.59 Å². The first-order chi connectivity index (χ1) is 9.11. The van der Waals surface area contributed by atoms with Crippen molar-refractivity contribution in [2.45, 2.75) is 13.3 Å². The fourth-order valence-corrected chi connectivity index (χ4v) is 1.86. The predicted molar refractivity (Wildman–Crippen MR) is 73.5 cm³/mol. The highest BCUT2D eigenvalue weighted by molar-refractivity contribution is 6.00. The van der Waals surface area contributed by atoms with Crippen LogP contribution in [-0.4, -0.2) is 23.5 Å². The van der Waals surface area contributed by atoms with E-state index >= 15 is 0 Å². The van der Waals surface area contributed by atoms with Crippen LogP contribution in [0, 0.1) is 0 Å². The van der Waals surface area contributed by atoms with E-state index in [1.165, 1.54) is 0 Å². The molecular weight excluding hydrogens is 242 g/mol. The van der Waals surface area contributed by atoms with Crippen molar-refractivity contribution in [3.63, 3.8) is 0 Å². The van der Waals surface area contributed by atoms with E-state index < -0.39 is 5.97 Å². The molecular formula is C15H15NO3. The number of nitrogens with one attached hydrogen (secondary N) is 1. The zero-order chi connectivity index (χ0) is 13.8. The van der Waals surface area contributed by atoms with E-state index in [1.807, 2.05) is 6.92 Å². The topological polar surface area (TPSA) is 66.4 Å². The maximum Gasteiger partial charge on any atom is 0.335 e. The summed E-state index contributed by atoms with van der Waals surface area (Å²) in [6.45, 7) is 2.64. The fourth-order valence-electron chi connectivity index (χ4n) is 1.86. The van der Waals surface area contributed by atoms with E-state index in [1.54, 1.807) is 36.4 Å². The number of carbonyl (C=O) groups excluding carboxylic acids is 1. The van der Waals surface area contributed by atoms with Crippen LogP contribution in [0.15, 0.2) is 36.4 Å². The van der Waals surface area contributed by atoms with Crippen molar-refractivity contribution in [3.05, 3.63) is 47.5 Å². The van der Waals surface area contributed by atoms with Gasteiger partial charge >= 0.3 is 5.97 Å². The number of hydrogen-bond acceptors (Lipinski definition) is 2. The second-order valence-electron chi connectivity index (χ2n) is 4.34. The van der Waals surface area contributed by atoms with Crippen molar-refractivity contribution in [2.75, 3.05) is 6.54 Å². The third-order valence-corrected chi connectivity index (χ3v) is 2.88. The van der Waals surface area contributed by atoms with Crippen LogP contribution in [0.1, 0.15) is 34.1 Å². The van der Waals surface area contributed by atoms with Crippen LogP contribution in [0.3, 0.4) is 0 Å². The van der Waals surface area contributed by atoms with Gasteiger partial charge in [-0.05, 0) is 41.5 Å². The Morgan fingerprint density at radius 2 is 1.63 bits per heavy atom. The van der Waals surface area contributed by atoms with Gasteiger partial charge < -0.3 is 10.4 Å². The van der Waals surface area contributed by atoms with Crippen LogP contribution >= 0.6 is 0 Å². The smallest absolute Gasteiger partial charge is 0.335 e. The SMILES string of the molecule is CCCNC(=O)c1ccc2cc(C(=O)O)ccc2c1. The number of benzene rings is 2. The Morgan fingerprint density at radius 1 is 1.05 bits per heavy atom. The highest BCUT2D eigenvalue weighted by Gasteiger charge is 2.07. The first-order valence-corrected chi connectivity index (χ1v) is 6.17. The molecule has 0 saturated carbocycles. The summed E-state index contributed by atoms with van der Waals surface area (Å²) in [6.07, 6.45) is 0.890. The number of fused-ring (bicyclic) bond motifs is 1. The lowest BCUT2D eigenvalue weighted by Gasteiger charge is -2.05. The van der Waals surface area contributed by atoms with Gasteiger partial charge in [0.2, 0.25) is 0 Å². The highest BCUT2D eigenvalue weighted by atomic mass is 16.4. The summed E-state index contributed by atoms with van der Waals surface area (Å²) in [5.41, 5.74) is 0.833. The summed E-state index contributed by atoms with van der Waals surface area (Å²) in [6, 6.07) is 10.1. The maximum absolute atomic E-state index is 11.8. The minimum Gasteiger partial charge on any atom is -0.478 e. The zero-order valence-electron chi connectivity index (χ0n) is 10.6. The Hall–Kier alpha value is -2.36. The number of aromatic carboxylic acids is 1. The summed E-state index contributed by atoms with van der Waals surface area (Å²) in [5.74, 6) is -1.06. The van der Waals surface area contributed by atoms with Crippen molar-refractivity contribution >= 4 is 22.6 Å². The van der Waals surface area contributed by atoms with Crippen LogP contribution in [0.2, 0.25) is 0 Å². The second kappa shape index (κ2) is 5.52. The molecule has 2 aromatic rings. The van der Waals surface area contributed by atoms with Gasteiger partial charge in [0.25, 0.3) is 5.91 Å². The molecule has 0 spiro atoms. The maximum atomic E-state index is 11.8. The molecule has 0 unspecified atom stereocenters. The third-order valence-electron chi connectivity index (χ3n) is 2.88. The molecule has 0 aromatic heterocycles. The van der Waals surface area contributed by atoms with Gasteiger partial charge in [-0.1, -0.05) is 19.1 Å². The van der Waals surface area contributed by atoms with E-state index in [-0.39, 0.29) is 11.5 Å². The molecule has 19 heavy (non-hydrogen) atoms. The average molecular weight is 257 g/mol. The van der Waals surface area contributed by atoms with Gasteiger partial charge in [0.1, 0.15) is 0 Å². The monoisotopic (exact) mass is 257 g/mol.